The van der Waals surface area contributed by atoms with Crippen molar-refractivity contribution in [3.8, 4) is 0 Å². The molecule has 0 spiro atoms. The smallest absolute Gasteiger partial charge is 0.124 e. The van der Waals surface area contributed by atoms with Crippen molar-refractivity contribution in [1.29, 1.82) is 0 Å². The molecule has 3 nitrogen and oxygen atoms in total. The molecule has 1 fully saturated rings. The summed E-state index contributed by atoms with van der Waals surface area (Å²) < 4.78 is 0. The van der Waals surface area contributed by atoms with E-state index < -0.39 is 0 Å². The van der Waals surface area contributed by atoms with E-state index >= 15 is 0 Å². The zero-order chi connectivity index (χ0) is 10.1. The van der Waals surface area contributed by atoms with Gasteiger partial charge >= 0.3 is 0 Å². The van der Waals surface area contributed by atoms with Crippen molar-refractivity contribution < 1.29 is 0 Å². The average molecular weight is 274 g/mol. The molecule has 1 aromatic carbocycles. The SMILES string of the molecule is Cl.Cl.c1ccc2[nH]c(C3CCCCN3)nc2c1. The van der Waals surface area contributed by atoms with Gasteiger partial charge in [-0.25, -0.2) is 4.98 Å². The van der Waals surface area contributed by atoms with Crippen LogP contribution in [0.4, 0.5) is 0 Å². The van der Waals surface area contributed by atoms with E-state index in [4.69, 9.17) is 0 Å². The van der Waals surface area contributed by atoms with Crippen LogP contribution in [0.1, 0.15) is 31.1 Å². The van der Waals surface area contributed by atoms with Gasteiger partial charge in [-0.1, -0.05) is 18.6 Å². The van der Waals surface area contributed by atoms with Crippen molar-refractivity contribution in [2.75, 3.05) is 6.54 Å². The van der Waals surface area contributed by atoms with E-state index in [0.29, 0.717) is 6.04 Å². The molecular formula is C12H17Cl2N3. The van der Waals surface area contributed by atoms with Gasteiger partial charge < -0.3 is 10.3 Å². The molecule has 2 N–H and O–H groups in total. The molecule has 3 rings (SSSR count). The lowest BCUT2D eigenvalue weighted by atomic mass is 10.0. The van der Waals surface area contributed by atoms with Gasteiger partial charge in [-0.05, 0) is 31.5 Å². The molecule has 1 aromatic heterocycles. The van der Waals surface area contributed by atoms with E-state index in [1.807, 2.05) is 12.1 Å². The Hall–Kier alpha value is -0.770. The first-order chi connectivity index (χ1) is 7.43. The molecular weight excluding hydrogens is 257 g/mol. The number of H-pyrrole nitrogens is 1. The number of piperidine rings is 1. The Labute approximate surface area is 113 Å². The van der Waals surface area contributed by atoms with Crippen LogP contribution in [-0.4, -0.2) is 16.5 Å². The monoisotopic (exact) mass is 273 g/mol. The van der Waals surface area contributed by atoms with Gasteiger partial charge in [0.15, 0.2) is 0 Å². The Morgan fingerprint density at radius 1 is 1.12 bits per heavy atom. The maximum atomic E-state index is 4.62. The summed E-state index contributed by atoms with van der Waals surface area (Å²) in [6, 6.07) is 8.62. The first-order valence-corrected chi connectivity index (χ1v) is 5.61. The maximum absolute atomic E-state index is 4.62. The van der Waals surface area contributed by atoms with Crippen molar-refractivity contribution >= 4 is 35.8 Å². The molecule has 0 amide bonds. The Bertz CT molecular complexity index is 430. The molecule has 2 aromatic rings. The van der Waals surface area contributed by atoms with Gasteiger partial charge in [-0.2, -0.15) is 0 Å². The van der Waals surface area contributed by atoms with Gasteiger partial charge in [-0.15, -0.1) is 24.8 Å². The van der Waals surface area contributed by atoms with Crippen molar-refractivity contribution in [3.63, 3.8) is 0 Å². The zero-order valence-electron chi connectivity index (χ0n) is 9.48. The van der Waals surface area contributed by atoms with Gasteiger partial charge in [-0.3, -0.25) is 0 Å². The number of hydrogen-bond acceptors (Lipinski definition) is 2. The van der Waals surface area contributed by atoms with Crippen molar-refractivity contribution in [2.45, 2.75) is 25.3 Å². The van der Waals surface area contributed by atoms with Gasteiger partial charge in [0.1, 0.15) is 5.82 Å². The lowest BCUT2D eigenvalue weighted by Gasteiger charge is -2.21. The topological polar surface area (TPSA) is 40.7 Å². The normalized spacial score (nSPS) is 19.4. The van der Waals surface area contributed by atoms with Gasteiger partial charge in [0.2, 0.25) is 0 Å². The van der Waals surface area contributed by atoms with Crippen LogP contribution < -0.4 is 5.32 Å². The predicted molar refractivity (Wildman–Crippen MR) is 75.2 cm³/mol. The quantitative estimate of drug-likeness (QED) is 0.838. The number of para-hydroxylation sites is 2. The Balaban J connectivity index is 0.000000722. The molecule has 1 aliphatic rings. The van der Waals surface area contributed by atoms with E-state index in [2.05, 4.69) is 27.4 Å². The zero-order valence-corrected chi connectivity index (χ0v) is 11.1. The summed E-state index contributed by atoms with van der Waals surface area (Å²) in [5.41, 5.74) is 2.21. The highest BCUT2D eigenvalue weighted by atomic mass is 35.5. The second-order valence-corrected chi connectivity index (χ2v) is 4.14. The fourth-order valence-corrected chi connectivity index (χ4v) is 2.22. The summed E-state index contributed by atoms with van der Waals surface area (Å²) in [7, 11) is 0. The summed E-state index contributed by atoms with van der Waals surface area (Å²) in [6.07, 6.45) is 3.78. The minimum Gasteiger partial charge on any atom is -0.341 e. The number of hydrogen-bond donors (Lipinski definition) is 2. The third kappa shape index (κ3) is 2.92. The van der Waals surface area contributed by atoms with E-state index in [1.165, 1.54) is 19.3 Å². The fraction of sp³-hybridized carbons (Fsp3) is 0.417. The van der Waals surface area contributed by atoms with E-state index in [1.54, 1.807) is 0 Å². The number of benzene rings is 1. The Morgan fingerprint density at radius 2 is 1.94 bits per heavy atom. The van der Waals surface area contributed by atoms with E-state index in [-0.39, 0.29) is 24.8 Å². The number of nitrogens with zero attached hydrogens (tertiary/aromatic N) is 1. The number of imidazole rings is 1. The summed E-state index contributed by atoms with van der Waals surface area (Å²) in [6.45, 7) is 1.11. The average Bonchev–Trinajstić information content (AvgIpc) is 2.74. The summed E-state index contributed by atoms with van der Waals surface area (Å²) in [5, 5.41) is 3.50. The Morgan fingerprint density at radius 3 is 2.65 bits per heavy atom. The molecule has 2 heterocycles. The number of rotatable bonds is 1. The van der Waals surface area contributed by atoms with Crippen molar-refractivity contribution in [1.82, 2.24) is 15.3 Å². The molecule has 17 heavy (non-hydrogen) atoms. The molecule has 0 bridgehead atoms. The number of fused-ring (bicyclic) bond motifs is 1. The lowest BCUT2D eigenvalue weighted by Crippen LogP contribution is -2.27. The van der Waals surface area contributed by atoms with Gasteiger partial charge in [0.05, 0.1) is 17.1 Å². The van der Waals surface area contributed by atoms with Crippen LogP contribution in [0, 0.1) is 0 Å². The molecule has 1 saturated heterocycles. The molecule has 1 unspecified atom stereocenters. The summed E-state index contributed by atoms with van der Waals surface area (Å²) in [5.74, 6) is 1.09. The molecule has 1 aliphatic heterocycles. The van der Waals surface area contributed by atoms with E-state index in [9.17, 15) is 0 Å². The van der Waals surface area contributed by atoms with Crippen LogP contribution >= 0.6 is 24.8 Å². The van der Waals surface area contributed by atoms with Crippen molar-refractivity contribution in [2.24, 2.45) is 0 Å². The first kappa shape index (κ1) is 14.3. The van der Waals surface area contributed by atoms with Gasteiger partial charge in [0, 0.05) is 0 Å². The summed E-state index contributed by atoms with van der Waals surface area (Å²) in [4.78, 5) is 8.01. The minimum absolute atomic E-state index is 0. The third-order valence-corrected chi connectivity index (χ3v) is 3.05. The number of halogens is 2. The summed E-state index contributed by atoms with van der Waals surface area (Å²) >= 11 is 0. The molecule has 1 atom stereocenters. The van der Waals surface area contributed by atoms with Crippen LogP contribution in [0.25, 0.3) is 11.0 Å². The fourth-order valence-electron chi connectivity index (χ4n) is 2.22. The van der Waals surface area contributed by atoms with E-state index in [0.717, 1.165) is 23.4 Å². The second-order valence-electron chi connectivity index (χ2n) is 4.14. The largest absolute Gasteiger partial charge is 0.341 e. The van der Waals surface area contributed by atoms with Crippen LogP contribution in [0.3, 0.4) is 0 Å². The number of nitrogens with one attached hydrogen (secondary N) is 2. The lowest BCUT2D eigenvalue weighted by molar-refractivity contribution is 0.400. The molecule has 0 radical (unpaired) electrons. The predicted octanol–water partition coefficient (Wildman–Crippen LogP) is 3.22. The maximum Gasteiger partial charge on any atom is 0.124 e. The minimum atomic E-state index is 0. The van der Waals surface area contributed by atoms with Crippen molar-refractivity contribution in [3.05, 3.63) is 30.1 Å². The Kier molecular flexibility index (Phi) is 5.25. The highest BCUT2D eigenvalue weighted by Gasteiger charge is 2.17. The molecule has 5 heteroatoms. The first-order valence-electron chi connectivity index (χ1n) is 5.61. The molecule has 0 aliphatic carbocycles. The van der Waals surface area contributed by atoms with Crippen LogP contribution in [-0.2, 0) is 0 Å². The van der Waals surface area contributed by atoms with Crippen LogP contribution in [0.2, 0.25) is 0 Å². The standard InChI is InChI=1S/C12H15N3.2ClH/c1-2-6-10-9(5-1)14-12(15-10)11-7-3-4-8-13-11;;/h1-2,5-6,11,13H,3-4,7-8H2,(H,14,15);2*1H. The highest BCUT2D eigenvalue weighted by Crippen LogP contribution is 2.22. The van der Waals surface area contributed by atoms with Crippen LogP contribution in [0.15, 0.2) is 24.3 Å². The number of aromatic nitrogens is 2. The molecule has 0 saturated carbocycles. The highest BCUT2D eigenvalue weighted by molar-refractivity contribution is 5.85. The second kappa shape index (κ2) is 6.24. The molecule has 94 valence electrons. The number of aromatic amines is 1. The third-order valence-electron chi connectivity index (χ3n) is 3.05. The van der Waals surface area contributed by atoms with Crippen LogP contribution in [0.5, 0.6) is 0 Å². The van der Waals surface area contributed by atoms with Gasteiger partial charge in [0.25, 0.3) is 0 Å².